The summed E-state index contributed by atoms with van der Waals surface area (Å²) >= 11 is 1.12. The van der Waals surface area contributed by atoms with Crippen molar-refractivity contribution < 1.29 is 18.4 Å². The Kier molecular flexibility index (Phi) is 6.52. The predicted octanol–water partition coefficient (Wildman–Crippen LogP) is 3.97. The Balaban J connectivity index is 1.82. The summed E-state index contributed by atoms with van der Waals surface area (Å²) in [4.78, 5) is 23.9. The molecule has 2 aromatic carbocycles. The number of benzene rings is 2. The first-order chi connectivity index (χ1) is 11.8. The summed E-state index contributed by atoms with van der Waals surface area (Å²) in [6.45, 7) is 3.39. The third-order valence-electron chi connectivity index (χ3n) is 3.34. The summed E-state index contributed by atoms with van der Waals surface area (Å²) in [6.07, 6.45) is 0. The molecule has 132 valence electrons. The van der Waals surface area contributed by atoms with Gasteiger partial charge >= 0.3 is 0 Å². The van der Waals surface area contributed by atoms with E-state index in [1.165, 1.54) is 36.4 Å². The molecule has 0 saturated carbocycles. The van der Waals surface area contributed by atoms with E-state index in [4.69, 9.17) is 0 Å². The Morgan fingerprint density at radius 2 is 1.76 bits per heavy atom. The maximum Gasteiger partial charge on any atom is 0.237 e. The number of rotatable bonds is 6. The van der Waals surface area contributed by atoms with E-state index in [0.29, 0.717) is 5.69 Å². The summed E-state index contributed by atoms with van der Waals surface area (Å²) in [5.41, 5.74) is 1.35. The predicted molar refractivity (Wildman–Crippen MR) is 96.7 cm³/mol. The molecule has 2 N–H and O–H groups in total. The van der Waals surface area contributed by atoms with Crippen molar-refractivity contribution in [1.29, 1.82) is 0 Å². The third kappa shape index (κ3) is 5.86. The molecule has 7 heteroatoms. The molecule has 2 rings (SSSR count). The van der Waals surface area contributed by atoms with Gasteiger partial charge in [-0.1, -0.05) is 6.07 Å². The Hall–Kier alpha value is -2.41. The Bertz CT molecular complexity index is 766. The molecular formula is C18H18F2N2O2S. The molecular weight excluding hydrogens is 346 g/mol. The smallest absolute Gasteiger partial charge is 0.237 e. The Morgan fingerprint density at radius 3 is 2.40 bits per heavy atom. The van der Waals surface area contributed by atoms with Crippen LogP contribution < -0.4 is 10.6 Å². The van der Waals surface area contributed by atoms with Gasteiger partial charge in [-0.2, -0.15) is 0 Å². The monoisotopic (exact) mass is 364 g/mol. The minimum Gasteiger partial charge on any atom is -0.325 e. The highest BCUT2D eigenvalue weighted by molar-refractivity contribution is 8.01. The summed E-state index contributed by atoms with van der Waals surface area (Å²) in [7, 11) is 0. The first kappa shape index (κ1) is 18.9. The van der Waals surface area contributed by atoms with Gasteiger partial charge in [-0.25, -0.2) is 8.78 Å². The van der Waals surface area contributed by atoms with Crippen molar-refractivity contribution in [3.05, 3.63) is 59.7 Å². The van der Waals surface area contributed by atoms with Gasteiger partial charge in [0.1, 0.15) is 11.6 Å². The molecule has 0 fully saturated rings. The molecule has 0 aliphatic carbocycles. The number of carbonyl (C=O) groups excluding carboxylic acids is 2. The zero-order chi connectivity index (χ0) is 18.4. The molecule has 0 spiro atoms. The normalized spacial score (nSPS) is 11.7. The lowest BCUT2D eigenvalue weighted by Gasteiger charge is -2.13. The number of hydrogen-bond acceptors (Lipinski definition) is 3. The molecule has 0 radical (unpaired) electrons. The van der Waals surface area contributed by atoms with Crippen LogP contribution in [0.15, 0.2) is 42.5 Å². The standard InChI is InChI=1S/C18H18F2N2O2S/c1-11-3-8-16(15(20)9-11)22-18(24)12(2)25-10-17(23)21-14-6-4-13(19)5-7-14/h3-9,12H,10H2,1-2H3,(H,21,23)(H,22,24). The van der Waals surface area contributed by atoms with Crippen molar-refractivity contribution >= 4 is 35.0 Å². The van der Waals surface area contributed by atoms with Gasteiger partial charge in [0.25, 0.3) is 0 Å². The van der Waals surface area contributed by atoms with Crippen LogP contribution in [-0.2, 0) is 9.59 Å². The van der Waals surface area contributed by atoms with Gasteiger partial charge in [0.15, 0.2) is 0 Å². The molecule has 0 bridgehead atoms. The highest BCUT2D eigenvalue weighted by Crippen LogP contribution is 2.18. The van der Waals surface area contributed by atoms with Crippen LogP contribution in [0.25, 0.3) is 0 Å². The van der Waals surface area contributed by atoms with Gasteiger partial charge in [-0.15, -0.1) is 11.8 Å². The fourth-order valence-corrected chi connectivity index (χ4v) is 2.65. The van der Waals surface area contributed by atoms with E-state index in [9.17, 15) is 18.4 Å². The van der Waals surface area contributed by atoms with Gasteiger partial charge in [0.2, 0.25) is 11.8 Å². The van der Waals surface area contributed by atoms with Crippen molar-refractivity contribution in [3.63, 3.8) is 0 Å². The molecule has 4 nitrogen and oxygen atoms in total. The van der Waals surface area contributed by atoms with E-state index in [1.807, 2.05) is 0 Å². The Labute approximate surface area is 149 Å². The topological polar surface area (TPSA) is 58.2 Å². The first-order valence-electron chi connectivity index (χ1n) is 7.59. The van der Waals surface area contributed by atoms with Crippen molar-refractivity contribution in [3.8, 4) is 0 Å². The quantitative estimate of drug-likeness (QED) is 0.815. The van der Waals surface area contributed by atoms with Crippen LogP contribution in [-0.4, -0.2) is 22.8 Å². The highest BCUT2D eigenvalue weighted by Gasteiger charge is 2.17. The molecule has 25 heavy (non-hydrogen) atoms. The van der Waals surface area contributed by atoms with Crippen LogP contribution in [0.5, 0.6) is 0 Å². The molecule has 0 saturated heterocycles. The minimum absolute atomic E-state index is 0.0440. The van der Waals surface area contributed by atoms with Crippen LogP contribution in [0, 0.1) is 18.6 Å². The van der Waals surface area contributed by atoms with Gasteiger partial charge < -0.3 is 10.6 Å². The Morgan fingerprint density at radius 1 is 1.08 bits per heavy atom. The minimum atomic E-state index is -0.542. The number of nitrogens with one attached hydrogen (secondary N) is 2. The zero-order valence-corrected chi connectivity index (χ0v) is 14.6. The number of carbonyl (C=O) groups is 2. The number of anilines is 2. The lowest BCUT2D eigenvalue weighted by atomic mass is 10.2. The molecule has 0 aromatic heterocycles. The van der Waals surface area contributed by atoms with Gasteiger partial charge in [0, 0.05) is 5.69 Å². The average molecular weight is 364 g/mol. The SMILES string of the molecule is Cc1ccc(NC(=O)C(C)SCC(=O)Nc2ccc(F)cc2)c(F)c1. The van der Waals surface area contributed by atoms with E-state index in [2.05, 4.69) is 10.6 Å². The van der Waals surface area contributed by atoms with Crippen LogP contribution >= 0.6 is 11.8 Å². The van der Waals surface area contributed by atoms with Gasteiger partial charge in [-0.05, 0) is 55.8 Å². The lowest BCUT2D eigenvalue weighted by Crippen LogP contribution is -2.25. The summed E-state index contributed by atoms with van der Waals surface area (Å²) in [6, 6.07) is 9.93. The van der Waals surface area contributed by atoms with E-state index in [1.54, 1.807) is 19.9 Å². The van der Waals surface area contributed by atoms with Crippen LogP contribution in [0.2, 0.25) is 0 Å². The number of hydrogen-bond donors (Lipinski definition) is 2. The molecule has 1 atom stereocenters. The molecule has 0 heterocycles. The summed E-state index contributed by atoms with van der Waals surface area (Å²) in [5, 5.41) is 4.58. The molecule has 0 aliphatic rings. The van der Waals surface area contributed by atoms with E-state index < -0.39 is 11.1 Å². The van der Waals surface area contributed by atoms with E-state index >= 15 is 0 Å². The van der Waals surface area contributed by atoms with Gasteiger partial charge in [0.05, 0.1) is 16.7 Å². The van der Waals surface area contributed by atoms with Gasteiger partial charge in [-0.3, -0.25) is 9.59 Å². The summed E-state index contributed by atoms with van der Waals surface area (Å²) < 4.78 is 26.6. The van der Waals surface area contributed by atoms with Crippen LogP contribution in [0.3, 0.4) is 0 Å². The second-order valence-corrected chi connectivity index (χ2v) is 6.81. The third-order valence-corrected chi connectivity index (χ3v) is 4.49. The molecule has 0 aliphatic heterocycles. The maximum atomic E-state index is 13.7. The molecule has 1 unspecified atom stereocenters. The van der Waals surface area contributed by atoms with Crippen molar-refractivity contribution in [1.82, 2.24) is 0 Å². The second kappa shape index (κ2) is 8.62. The fraction of sp³-hybridized carbons (Fsp3) is 0.222. The van der Waals surface area contributed by atoms with Crippen LogP contribution in [0.4, 0.5) is 20.2 Å². The zero-order valence-electron chi connectivity index (χ0n) is 13.8. The number of aryl methyl sites for hydroxylation is 1. The maximum absolute atomic E-state index is 13.7. The van der Waals surface area contributed by atoms with Crippen molar-refractivity contribution in [2.45, 2.75) is 19.1 Å². The van der Waals surface area contributed by atoms with Crippen molar-refractivity contribution in [2.75, 3.05) is 16.4 Å². The fourth-order valence-electron chi connectivity index (χ4n) is 1.96. The number of amides is 2. The average Bonchev–Trinajstić information content (AvgIpc) is 2.57. The summed E-state index contributed by atoms with van der Waals surface area (Å²) in [5.74, 6) is -1.54. The largest absolute Gasteiger partial charge is 0.325 e. The second-order valence-electron chi connectivity index (χ2n) is 5.48. The lowest BCUT2D eigenvalue weighted by molar-refractivity contribution is -0.115. The first-order valence-corrected chi connectivity index (χ1v) is 8.64. The number of halogens is 2. The van der Waals surface area contributed by atoms with E-state index in [0.717, 1.165) is 17.3 Å². The van der Waals surface area contributed by atoms with E-state index in [-0.39, 0.29) is 29.1 Å². The van der Waals surface area contributed by atoms with Crippen LogP contribution in [0.1, 0.15) is 12.5 Å². The van der Waals surface area contributed by atoms with Crippen molar-refractivity contribution in [2.24, 2.45) is 0 Å². The molecule has 2 aromatic rings. The molecule has 2 amide bonds. The number of thioether (sulfide) groups is 1. The highest BCUT2D eigenvalue weighted by atomic mass is 32.2.